The van der Waals surface area contributed by atoms with E-state index < -0.39 is 0 Å². The Kier molecular flexibility index (Phi) is 5.75. The summed E-state index contributed by atoms with van der Waals surface area (Å²) in [4.78, 5) is 31.0. The molecule has 0 radical (unpaired) electrons. The van der Waals surface area contributed by atoms with E-state index in [1.807, 2.05) is 60.7 Å². The second-order valence-corrected chi connectivity index (χ2v) is 9.51. The summed E-state index contributed by atoms with van der Waals surface area (Å²) in [5.41, 5.74) is 1.56. The van der Waals surface area contributed by atoms with Gasteiger partial charge in [-0.15, -0.1) is 11.3 Å². The van der Waals surface area contributed by atoms with Crippen LogP contribution in [0.3, 0.4) is 0 Å². The van der Waals surface area contributed by atoms with Gasteiger partial charge in [-0.3, -0.25) is 14.2 Å². The molecule has 0 aliphatic rings. The van der Waals surface area contributed by atoms with Crippen LogP contribution in [-0.2, 0) is 6.54 Å². The molecule has 0 unspecified atom stereocenters. The molecule has 0 aliphatic heterocycles. The van der Waals surface area contributed by atoms with Crippen LogP contribution in [0, 0.1) is 0 Å². The van der Waals surface area contributed by atoms with Gasteiger partial charge < -0.3 is 0 Å². The van der Waals surface area contributed by atoms with Gasteiger partial charge >= 0.3 is 0 Å². The standard InChI is InChI=1S/C21H15BrN2O2S2/c22-19-11-10-18(28-19)17(25)13-27-21-23-16-9-5-4-8-15(16)20(26)24(21)12-14-6-2-1-3-7-14/h1-11H,12-13H2. The lowest BCUT2D eigenvalue weighted by atomic mass is 10.2. The SMILES string of the molecule is O=C(CSc1nc2ccccc2c(=O)n1Cc1ccccc1)c1ccc(Br)s1. The molecule has 140 valence electrons. The maximum absolute atomic E-state index is 13.1. The van der Waals surface area contributed by atoms with Crippen LogP contribution < -0.4 is 5.56 Å². The monoisotopic (exact) mass is 470 g/mol. The van der Waals surface area contributed by atoms with Crippen LogP contribution in [-0.4, -0.2) is 21.1 Å². The number of carbonyl (C=O) groups excluding carboxylic acids is 1. The molecule has 0 N–H and O–H groups in total. The van der Waals surface area contributed by atoms with E-state index in [2.05, 4.69) is 20.9 Å². The lowest BCUT2D eigenvalue weighted by Gasteiger charge is -2.13. The second-order valence-electron chi connectivity index (χ2n) is 6.10. The quantitative estimate of drug-likeness (QED) is 0.219. The van der Waals surface area contributed by atoms with Crippen LogP contribution >= 0.6 is 39.0 Å². The molecular weight excluding hydrogens is 456 g/mol. The van der Waals surface area contributed by atoms with Gasteiger partial charge in [-0.05, 0) is 45.8 Å². The molecule has 4 aromatic rings. The first-order chi connectivity index (χ1) is 13.6. The van der Waals surface area contributed by atoms with Crippen molar-refractivity contribution >= 4 is 55.7 Å². The van der Waals surface area contributed by atoms with Crippen LogP contribution in [0.1, 0.15) is 15.2 Å². The molecular formula is C21H15BrN2O2S2. The Morgan fingerprint density at radius 3 is 2.54 bits per heavy atom. The van der Waals surface area contributed by atoms with Crippen molar-refractivity contribution in [1.82, 2.24) is 9.55 Å². The molecule has 0 amide bonds. The number of thiophene rings is 1. The van der Waals surface area contributed by atoms with Crippen molar-refractivity contribution in [3.05, 3.63) is 91.3 Å². The molecule has 4 rings (SSSR count). The maximum atomic E-state index is 13.1. The Morgan fingerprint density at radius 2 is 1.79 bits per heavy atom. The highest BCUT2D eigenvalue weighted by Gasteiger charge is 2.15. The number of benzene rings is 2. The summed E-state index contributed by atoms with van der Waals surface area (Å²) in [5, 5.41) is 1.13. The van der Waals surface area contributed by atoms with E-state index in [0.29, 0.717) is 27.5 Å². The van der Waals surface area contributed by atoms with Crippen LogP contribution in [0.25, 0.3) is 10.9 Å². The molecule has 7 heteroatoms. The van der Waals surface area contributed by atoms with Gasteiger partial charge in [-0.1, -0.05) is 54.2 Å². The molecule has 2 aromatic heterocycles. The number of hydrogen-bond donors (Lipinski definition) is 0. The summed E-state index contributed by atoms with van der Waals surface area (Å²) in [5.74, 6) is 0.251. The summed E-state index contributed by atoms with van der Waals surface area (Å²) >= 11 is 6.09. The molecule has 28 heavy (non-hydrogen) atoms. The van der Waals surface area contributed by atoms with Crippen LogP contribution in [0.15, 0.2) is 80.5 Å². The second kappa shape index (κ2) is 8.43. The van der Waals surface area contributed by atoms with Gasteiger partial charge in [-0.2, -0.15) is 0 Å². The number of halogens is 1. The van der Waals surface area contributed by atoms with Gasteiger partial charge in [0.2, 0.25) is 0 Å². The number of carbonyl (C=O) groups is 1. The minimum absolute atomic E-state index is 0.0226. The smallest absolute Gasteiger partial charge is 0.262 e. The van der Waals surface area contributed by atoms with Crippen molar-refractivity contribution in [2.24, 2.45) is 0 Å². The Morgan fingerprint density at radius 1 is 1.04 bits per heavy atom. The fraction of sp³-hybridized carbons (Fsp3) is 0.0952. The molecule has 0 spiro atoms. The zero-order valence-electron chi connectivity index (χ0n) is 14.7. The summed E-state index contributed by atoms with van der Waals surface area (Å²) in [6.07, 6.45) is 0. The van der Waals surface area contributed by atoms with Crippen LogP contribution in [0.2, 0.25) is 0 Å². The average Bonchev–Trinajstić information content (AvgIpc) is 3.16. The number of hydrogen-bond acceptors (Lipinski definition) is 5. The summed E-state index contributed by atoms with van der Waals surface area (Å²) in [6.45, 7) is 0.415. The van der Waals surface area contributed by atoms with Gasteiger partial charge in [0.25, 0.3) is 5.56 Å². The van der Waals surface area contributed by atoms with Crippen LogP contribution in [0.5, 0.6) is 0 Å². The van der Waals surface area contributed by atoms with E-state index in [9.17, 15) is 9.59 Å². The number of Topliss-reactive ketones (excluding diaryl/α,β-unsaturated/α-hetero) is 1. The zero-order valence-corrected chi connectivity index (χ0v) is 17.9. The number of fused-ring (bicyclic) bond motifs is 1. The lowest BCUT2D eigenvalue weighted by molar-refractivity contribution is 0.102. The fourth-order valence-electron chi connectivity index (χ4n) is 2.83. The molecule has 0 fully saturated rings. The third-order valence-electron chi connectivity index (χ3n) is 4.19. The Bertz CT molecular complexity index is 1200. The molecule has 2 aromatic carbocycles. The lowest BCUT2D eigenvalue weighted by Crippen LogP contribution is -2.24. The Balaban J connectivity index is 1.70. The number of ketones is 1. The summed E-state index contributed by atoms with van der Waals surface area (Å²) in [7, 11) is 0. The summed E-state index contributed by atoms with van der Waals surface area (Å²) in [6, 6.07) is 20.8. The first-order valence-electron chi connectivity index (χ1n) is 8.56. The van der Waals surface area contributed by atoms with E-state index in [0.717, 1.165) is 9.35 Å². The molecule has 0 atom stereocenters. The number of aromatic nitrogens is 2. The highest BCUT2D eigenvalue weighted by atomic mass is 79.9. The van der Waals surface area contributed by atoms with Crippen molar-refractivity contribution in [3.8, 4) is 0 Å². The molecule has 0 saturated heterocycles. The first-order valence-corrected chi connectivity index (χ1v) is 11.2. The number of para-hydroxylation sites is 1. The third kappa shape index (κ3) is 4.11. The Hall–Kier alpha value is -2.22. The van der Waals surface area contributed by atoms with Crippen molar-refractivity contribution in [3.63, 3.8) is 0 Å². The Labute approximate surface area is 178 Å². The topological polar surface area (TPSA) is 52.0 Å². The minimum atomic E-state index is -0.0942. The molecule has 4 nitrogen and oxygen atoms in total. The normalized spacial score (nSPS) is 11.0. The zero-order chi connectivity index (χ0) is 19.5. The van der Waals surface area contributed by atoms with Gasteiger partial charge in [0.05, 0.1) is 31.9 Å². The number of thioether (sulfide) groups is 1. The maximum Gasteiger partial charge on any atom is 0.262 e. The van der Waals surface area contributed by atoms with Gasteiger partial charge in [0.1, 0.15) is 0 Å². The molecule has 0 saturated carbocycles. The van der Waals surface area contributed by atoms with Crippen LogP contribution in [0.4, 0.5) is 0 Å². The predicted octanol–water partition coefficient (Wildman–Crippen LogP) is 5.24. The van der Waals surface area contributed by atoms with Crippen molar-refractivity contribution in [2.75, 3.05) is 5.75 Å². The van der Waals surface area contributed by atoms with E-state index in [-0.39, 0.29) is 17.1 Å². The van der Waals surface area contributed by atoms with Crippen molar-refractivity contribution in [2.45, 2.75) is 11.7 Å². The van der Waals surface area contributed by atoms with Gasteiger partial charge in [0, 0.05) is 0 Å². The van der Waals surface area contributed by atoms with Crippen molar-refractivity contribution < 1.29 is 4.79 Å². The minimum Gasteiger partial charge on any atom is -0.292 e. The number of rotatable bonds is 6. The molecule has 0 bridgehead atoms. The van der Waals surface area contributed by atoms with Gasteiger partial charge in [-0.25, -0.2) is 4.98 Å². The van der Waals surface area contributed by atoms with E-state index in [1.54, 1.807) is 10.6 Å². The molecule has 2 heterocycles. The molecule has 0 aliphatic carbocycles. The fourth-order valence-corrected chi connectivity index (χ4v) is 5.13. The van der Waals surface area contributed by atoms with Crippen molar-refractivity contribution in [1.29, 1.82) is 0 Å². The van der Waals surface area contributed by atoms with E-state index in [1.165, 1.54) is 23.1 Å². The van der Waals surface area contributed by atoms with E-state index >= 15 is 0 Å². The highest BCUT2D eigenvalue weighted by Crippen LogP contribution is 2.25. The summed E-state index contributed by atoms with van der Waals surface area (Å²) < 4.78 is 2.57. The van der Waals surface area contributed by atoms with E-state index in [4.69, 9.17) is 0 Å². The van der Waals surface area contributed by atoms with Gasteiger partial charge in [0.15, 0.2) is 10.9 Å². The predicted molar refractivity (Wildman–Crippen MR) is 119 cm³/mol. The third-order valence-corrected chi connectivity index (χ3v) is 6.83. The number of nitrogens with zero attached hydrogens (tertiary/aromatic N) is 2. The first kappa shape index (κ1) is 19.1. The average molecular weight is 471 g/mol. The largest absolute Gasteiger partial charge is 0.292 e. The highest BCUT2D eigenvalue weighted by molar-refractivity contribution is 9.11.